The molecule has 4 atom stereocenters. The number of rotatable bonds is 0. The van der Waals surface area contributed by atoms with Gasteiger partial charge in [-0.05, 0) is 30.4 Å². The average molecular weight is 174 g/mol. The molecule has 0 spiro atoms. The second kappa shape index (κ2) is 2.19. The van der Waals surface area contributed by atoms with Crippen molar-refractivity contribution >= 4 is 11.6 Å². The van der Waals surface area contributed by atoms with Crippen LogP contribution in [0.3, 0.4) is 0 Å². The second-order valence-electron chi connectivity index (χ2n) is 4.14. The largest absolute Gasteiger partial charge is 0.295 e. The van der Waals surface area contributed by atoms with Gasteiger partial charge in [0.25, 0.3) is 0 Å². The summed E-state index contributed by atoms with van der Waals surface area (Å²) in [6.45, 7) is 0. The van der Waals surface area contributed by atoms with E-state index in [9.17, 15) is 9.59 Å². The maximum Gasteiger partial charge on any atom is 0.159 e. The highest BCUT2D eigenvalue weighted by Gasteiger charge is 2.51. The summed E-state index contributed by atoms with van der Waals surface area (Å²) in [7, 11) is 0. The van der Waals surface area contributed by atoms with Crippen LogP contribution in [0.15, 0.2) is 24.3 Å². The van der Waals surface area contributed by atoms with Crippen molar-refractivity contribution in [3.8, 4) is 0 Å². The van der Waals surface area contributed by atoms with Crippen molar-refractivity contribution in [2.75, 3.05) is 0 Å². The number of hydrogen-bond donors (Lipinski definition) is 0. The van der Waals surface area contributed by atoms with Crippen LogP contribution in [0.4, 0.5) is 0 Å². The van der Waals surface area contributed by atoms with Gasteiger partial charge in [-0.25, -0.2) is 0 Å². The standard InChI is InChI=1S/C11H10O2/c12-8-3-1-6-5-7-2-4-9(13)11(7)10(6)8/h1-4,6-7,10-11H,5H2. The van der Waals surface area contributed by atoms with E-state index in [4.69, 9.17) is 0 Å². The Morgan fingerprint density at radius 1 is 0.923 bits per heavy atom. The molecule has 0 bridgehead atoms. The molecule has 0 aromatic heterocycles. The third-order valence-electron chi connectivity index (χ3n) is 3.53. The van der Waals surface area contributed by atoms with Crippen LogP contribution in [-0.4, -0.2) is 11.6 Å². The zero-order valence-electron chi connectivity index (χ0n) is 7.14. The van der Waals surface area contributed by atoms with Crippen molar-refractivity contribution in [3.05, 3.63) is 24.3 Å². The monoisotopic (exact) mass is 174 g/mol. The number of carbonyl (C=O) groups is 2. The van der Waals surface area contributed by atoms with Gasteiger partial charge in [0, 0.05) is 11.8 Å². The summed E-state index contributed by atoms with van der Waals surface area (Å²) in [5, 5.41) is 0. The molecule has 0 radical (unpaired) electrons. The summed E-state index contributed by atoms with van der Waals surface area (Å²) >= 11 is 0. The maximum absolute atomic E-state index is 11.5. The Labute approximate surface area is 76.3 Å². The molecule has 4 unspecified atom stereocenters. The first-order valence-corrected chi connectivity index (χ1v) is 4.71. The van der Waals surface area contributed by atoms with Crippen LogP contribution in [0.5, 0.6) is 0 Å². The van der Waals surface area contributed by atoms with Crippen molar-refractivity contribution in [1.82, 2.24) is 0 Å². The lowest BCUT2D eigenvalue weighted by Gasteiger charge is -2.13. The fourth-order valence-corrected chi connectivity index (χ4v) is 2.97. The molecule has 0 aromatic carbocycles. The highest BCUT2D eigenvalue weighted by molar-refractivity contribution is 6.03. The van der Waals surface area contributed by atoms with Gasteiger partial charge >= 0.3 is 0 Å². The van der Waals surface area contributed by atoms with Crippen LogP contribution in [0.2, 0.25) is 0 Å². The average Bonchev–Trinajstić information content (AvgIpc) is 2.69. The van der Waals surface area contributed by atoms with Gasteiger partial charge in [-0.3, -0.25) is 9.59 Å². The van der Waals surface area contributed by atoms with Crippen LogP contribution in [0.1, 0.15) is 6.42 Å². The van der Waals surface area contributed by atoms with Gasteiger partial charge in [0.15, 0.2) is 11.6 Å². The molecular formula is C11H10O2. The summed E-state index contributed by atoms with van der Waals surface area (Å²) in [5.74, 6) is 0.969. The zero-order chi connectivity index (χ0) is 9.00. The van der Waals surface area contributed by atoms with Gasteiger partial charge in [0.2, 0.25) is 0 Å². The van der Waals surface area contributed by atoms with Crippen LogP contribution >= 0.6 is 0 Å². The van der Waals surface area contributed by atoms with Gasteiger partial charge in [0.1, 0.15) is 0 Å². The minimum atomic E-state index is -0.0208. The third-order valence-corrected chi connectivity index (χ3v) is 3.53. The summed E-state index contributed by atoms with van der Waals surface area (Å²) in [6, 6.07) is 0. The first kappa shape index (κ1) is 7.25. The molecule has 13 heavy (non-hydrogen) atoms. The van der Waals surface area contributed by atoms with Gasteiger partial charge < -0.3 is 0 Å². The third kappa shape index (κ3) is 0.781. The van der Waals surface area contributed by atoms with Gasteiger partial charge in [-0.1, -0.05) is 12.2 Å². The lowest BCUT2D eigenvalue weighted by Crippen LogP contribution is -2.24. The van der Waals surface area contributed by atoms with Crippen LogP contribution in [-0.2, 0) is 9.59 Å². The first-order chi connectivity index (χ1) is 6.27. The lowest BCUT2D eigenvalue weighted by atomic mass is 9.87. The van der Waals surface area contributed by atoms with Gasteiger partial charge in [-0.15, -0.1) is 0 Å². The molecule has 1 saturated carbocycles. The number of carbonyl (C=O) groups excluding carboxylic acids is 2. The van der Waals surface area contributed by atoms with Crippen molar-refractivity contribution in [2.24, 2.45) is 23.7 Å². The summed E-state index contributed by atoms with van der Waals surface area (Å²) in [4.78, 5) is 23.0. The van der Waals surface area contributed by atoms with E-state index in [-0.39, 0.29) is 23.4 Å². The normalized spacial score (nSPS) is 45.8. The van der Waals surface area contributed by atoms with Crippen molar-refractivity contribution in [3.63, 3.8) is 0 Å². The Balaban J connectivity index is 2.01. The molecule has 66 valence electrons. The summed E-state index contributed by atoms with van der Waals surface area (Å²) in [5.41, 5.74) is 0. The Morgan fingerprint density at radius 3 is 1.85 bits per heavy atom. The molecular weight excluding hydrogens is 164 g/mol. The molecule has 3 aliphatic carbocycles. The van der Waals surface area contributed by atoms with Crippen LogP contribution < -0.4 is 0 Å². The first-order valence-electron chi connectivity index (χ1n) is 4.71. The molecule has 2 nitrogen and oxygen atoms in total. The maximum atomic E-state index is 11.5. The van der Waals surface area contributed by atoms with E-state index in [0.717, 1.165) is 6.42 Å². The number of ketones is 2. The topological polar surface area (TPSA) is 34.1 Å². The predicted molar refractivity (Wildman–Crippen MR) is 46.9 cm³/mol. The highest BCUT2D eigenvalue weighted by Crippen LogP contribution is 2.49. The molecule has 0 saturated heterocycles. The lowest BCUT2D eigenvalue weighted by molar-refractivity contribution is -0.126. The Kier molecular flexibility index (Phi) is 1.22. The molecule has 0 heterocycles. The van der Waals surface area contributed by atoms with Gasteiger partial charge in [0.05, 0.1) is 0 Å². The van der Waals surface area contributed by atoms with Crippen molar-refractivity contribution in [2.45, 2.75) is 6.42 Å². The number of allylic oxidation sites excluding steroid dienone is 4. The second-order valence-corrected chi connectivity index (χ2v) is 4.14. The molecule has 3 aliphatic rings. The van der Waals surface area contributed by atoms with E-state index in [1.165, 1.54) is 0 Å². The van der Waals surface area contributed by atoms with E-state index in [0.29, 0.717) is 11.8 Å². The number of hydrogen-bond acceptors (Lipinski definition) is 2. The molecule has 0 aliphatic heterocycles. The Hall–Kier alpha value is -1.18. The van der Waals surface area contributed by atoms with E-state index in [1.807, 2.05) is 12.2 Å². The molecule has 0 aromatic rings. The predicted octanol–water partition coefficient (Wildman–Crippen LogP) is 1.13. The minimum Gasteiger partial charge on any atom is -0.295 e. The van der Waals surface area contributed by atoms with Crippen LogP contribution in [0.25, 0.3) is 0 Å². The minimum absolute atomic E-state index is 0.0208. The van der Waals surface area contributed by atoms with E-state index < -0.39 is 0 Å². The smallest absolute Gasteiger partial charge is 0.159 e. The van der Waals surface area contributed by atoms with Crippen molar-refractivity contribution in [1.29, 1.82) is 0 Å². The fraction of sp³-hybridized carbons (Fsp3) is 0.455. The summed E-state index contributed by atoms with van der Waals surface area (Å²) in [6.07, 6.45) is 8.24. The molecule has 0 amide bonds. The molecule has 3 rings (SSSR count). The fourth-order valence-electron chi connectivity index (χ4n) is 2.97. The Bertz CT molecular complexity index is 317. The quantitative estimate of drug-likeness (QED) is 0.551. The van der Waals surface area contributed by atoms with Crippen molar-refractivity contribution < 1.29 is 9.59 Å². The van der Waals surface area contributed by atoms with Crippen LogP contribution in [0, 0.1) is 23.7 Å². The van der Waals surface area contributed by atoms with Gasteiger partial charge in [-0.2, -0.15) is 0 Å². The SMILES string of the molecule is O=C1C=CC2CC3C=CC(=O)C3C12. The molecule has 2 heteroatoms. The molecule has 0 N–H and O–H groups in total. The summed E-state index contributed by atoms with van der Waals surface area (Å²) < 4.78 is 0. The zero-order valence-corrected chi connectivity index (χ0v) is 7.14. The molecule has 1 fully saturated rings. The van der Waals surface area contributed by atoms with E-state index in [2.05, 4.69) is 0 Å². The number of fused-ring (bicyclic) bond motifs is 3. The van der Waals surface area contributed by atoms with E-state index in [1.54, 1.807) is 12.2 Å². The Morgan fingerprint density at radius 2 is 1.38 bits per heavy atom. The highest BCUT2D eigenvalue weighted by atomic mass is 16.1. The van der Waals surface area contributed by atoms with E-state index >= 15 is 0 Å².